The Morgan fingerprint density at radius 3 is 2.34 bits per heavy atom. The molecule has 3 heterocycles. The number of piperidine rings is 1. The lowest BCUT2D eigenvalue weighted by atomic mass is 9.83. The topological polar surface area (TPSA) is 92.7 Å². The highest BCUT2D eigenvalue weighted by atomic mass is 35.5. The average Bonchev–Trinajstić information content (AvgIpc) is 2.99. The van der Waals surface area contributed by atoms with Gasteiger partial charge in [-0.05, 0) is 85.1 Å². The number of anilines is 3. The lowest BCUT2D eigenvalue weighted by molar-refractivity contribution is 0.101. The van der Waals surface area contributed by atoms with E-state index in [2.05, 4.69) is 15.5 Å². The highest BCUT2D eigenvalue weighted by molar-refractivity contribution is 6.30. The summed E-state index contributed by atoms with van der Waals surface area (Å²) in [4.78, 5) is 41.3. The third kappa shape index (κ3) is 5.56. The van der Waals surface area contributed by atoms with Gasteiger partial charge in [0.25, 0.3) is 17.4 Å². The van der Waals surface area contributed by atoms with Gasteiger partial charge in [-0.1, -0.05) is 17.7 Å². The van der Waals surface area contributed by atoms with E-state index < -0.39 is 0 Å². The molecule has 2 bridgehead atoms. The number of benzene rings is 3. The van der Waals surface area contributed by atoms with Crippen LogP contribution in [0.1, 0.15) is 38.7 Å². The SMILES string of the molecule is COc1ccc(C(=O)Nc2cc(C(=O)Nc3ccc(Cl)cc3)ccc2N2CC3CC(C2)c2cccc(=O)n2C3)cc1. The largest absolute Gasteiger partial charge is 0.497 e. The van der Waals surface area contributed by atoms with E-state index in [0.717, 1.165) is 24.3 Å². The third-order valence-electron chi connectivity index (χ3n) is 7.78. The molecule has 4 aromatic rings. The van der Waals surface area contributed by atoms with Crippen molar-refractivity contribution in [3.8, 4) is 5.75 Å². The van der Waals surface area contributed by atoms with Crippen LogP contribution in [0.15, 0.2) is 89.7 Å². The number of fused-ring (bicyclic) bond motifs is 4. The summed E-state index contributed by atoms with van der Waals surface area (Å²) < 4.78 is 7.12. The highest BCUT2D eigenvalue weighted by Gasteiger charge is 2.35. The minimum atomic E-state index is -0.303. The summed E-state index contributed by atoms with van der Waals surface area (Å²) in [6, 6.07) is 24.6. The number of methoxy groups -OCH3 is 1. The summed E-state index contributed by atoms with van der Waals surface area (Å²) in [6.07, 6.45) is 1.01. The maximum atomic E-state index is 13.3. The van der Waals surface area contributed by atoms with Crippen molar-refractivity contribution in [2.24, 2.45) is 5.92 Å². The summed E-state index contributed by atoms with van der Waals surface area (Å²) in [5.41, 5.74) is 3.94. The molecule has 3 aromatic carbocycles. The van der Waals surface area contributed by atoms with Crippen LogP contribution in [0, 0.1) is 5.92 Å². The highest BCUT2D eigenvalue weighted by Crippen LogP contribution is 2.39. The van der Waals surface area contributed by atoms with Gasteiger partial charge in [0.15, 0.2) is 0 Å². The van der Waals surface area contributed by atoms with E-state index in [1.165, 1.54) is 0 Å². The summed E-state index contributed by atoms with van der Waals surface area (Å²) in [5.74, 6) is 0.539. The van der Waals surface area contributed by atoms with Crippen molar-refractivity contribution >= 4 is 40.5 Å². The van der Waals surface area contributed by atoms with E-state index in [0.29, 0.717) is 52.3 Å². The fraction of sp³-hybridized carbons (Fsp3) is 0.219. The number of aromatic nitrogens is 1. The second-order valence-electron chi connectivity index (χ2n) is 10.5. The molecule has 0 saturated carbocycles. The summed E-state index contributed by atoms with van der Waals surface area (Å²) in [7, 11) is 1.57. The van der Waals surface area contributed by atoms with Crippen LogP contribution in [0.25, 0.3) is 0 Å². The fourth-order valence-electron chi connectivity index (χ4n) is 5.82. The van der Waals surface area contributed by atoms with Gasteiger partial charge in [-0.3, -0.25) is 14.4 Å². The molecule has 0 aliphatic carbocycles. The second-order valence-corrected chi connectivity index (χ2v) is 10.9. The summed E-state index contributed by atoms with van der Waals surface area (Å²) >= 11 is 5.98. The molecule has 8 nitrogen and oxygen atoms in total. The minimum Gasteiger partial charge on any atom is -0.497 e. The van der Waals surface area contributed by atoms with Gasteiger partial charge in [-0.25, -0.2) is 0 Å². The Kier molecular flexibility index (Phi) is 7.24. The number of hydrogen-bond donors (Lipinski definition) is 2. The molecule has 9 heteroatoms. The summed E-state index contributed by atoms with van der Waals surface area (Å²) in [5, 5.41) is 6.51. The molecule has 1 fully saturated rings. The Balaban J connectivity index is 1.32. The zero-order chi connectivity index (χ0) is 28.5. The first kappa shape index (κ1) is 26.7. The second kappa shape index (κ2) is 11.1. The number of rotatable bonds is 6. The van der Waals surface area contributed by atoms with Gasteiger partial charge in [0.1, 0.15) is 5.75 Å². The molecule has 2 aliphatic rings. The maximum Gasteiger partial charge on any atom is 0.255 e. The van der Waals surface area contributed by atoms with Gasteiger partial charge in [0.05, 0.1) is 18.5 Å². The van der Waals surface area contributed by atoms with Crippen molar-refractivity contribution in [2.45, 2.75) is 18.9 Å². The third-order valence-corrected chi connectivity index (χ3v) is 8.03. The molecule has 2 unspecified atom stereocenters. The van der Waals surface area contributed by atoms with E-state index in [1.807, 2.05) is 22.8 Å². The number of amides is 2. The fourth-order valence-corrected chi connectivity index (χ4v) is 5.95. The maximum absolute atomic E-state index is 13.3. The van der Waals surface area contributed by atoms with Crippen molar-refractivity contribution in [3.05, 3.63) is 117 Å². The monoisotopic (exact) mass is 568 g/mol. The number of nitrogens with one attached hydrogen (secondary N) is 2. The van der Waals surface area contributed by atoms with Crippen LogP contribution in [0.4, 0.5) is 17.1 Å². The Hall–Kier alpha value is -4.56. The van der Waals surface area contributed by atoms with Crippen molar-refractivity contribution in [1.82, 2.24) is 4.57 Å². The molecule has 2 amide bonds. The van der Waals surface area contributed by atoms with E-state index in [-0.39, 0.29) is 23.3 Å². The number of carbonyl (C=O) groups is 2. The molecular formula is C32H29ClN4O4. The van der Waals surface area contributed by atoms with Crippen LogP contribution in [0.3, 0.4) is 0 Å². The first-order chi connectivity index (χ1) is 19.9. The zero-order valence-electron chi connectivity index (χ0n) is 22.5. The Bertz CT molecular complexity index is 1670. The van der Waals surface area contributed by atoms with Crippen molar-refractivity contribution in [1.29, 1.82) is 0 Å². The predicted octanol–water partition coefficient (Wildman–Crippen LogP) is 5.64. The van der Waals surface area contributed by atoms with Gasteiger partial charge < -0.3 is 24.8 Å². The van der Waals surface area contributed by atoms with Crippen molar-refractivity contribution in [3.63, 3.8) is 0 Å². The van der Waals surface area contributed by atoms with Crippen LogP contribution in [0.2, 0.25) is 5.02 Å². The Morgan fingerprint density at radius 1 is 0.854 bits per heavy atom. The predicted molar refractivity (Wildman–Crippen MR) is 161 cm³/mol. The molecule has 2 aliphatic heterocycles. The Labute approximate surface area is 242 Å². The standard InChI is InChI=1S/C32H29ClN4O4/c1-41-26-12-5-21(6-13-26)31(39)35-27-16-22(32(40)34-25-10-8-24(33)9-11-25)7-14-29(27)36-17-20-15-23(19-36)28-3-2-4-30(38)37(28)18-20/h2-14,16,20,23H,15,17-19H2,1H3,(H,34,40)(H,35,39). The van der Waals surface area contributed by atoms with Crippen LogP contribution >= 0.6 is 11.6 Å². The lowest BCUT2D eigenvalue weighted by Crippen LogP contribution is -2.47. The lowest BCUT2D eigenvalue weighted by Gasteiger charge is -2.44. The number of ether oxygens (including phenoxy) is 1. The minimum absolute atomic E-state index is 0.0362. The molecular weight excluding hydrogens is 540 g/mol. The quantitative estimate of drug-likeness (QED) is 0.314. The number of hydrogen-bond acceptors (Lipinski definition) is 5. The molecule has 6 rings (SSSR count). The summed E-state index contributed by atoms with van der Waals surface area (Å²) in [6.45, 7) is 2.10. The first-order valence-electron chi connectivity index (χ1n) is 13.5. The molecule has 208 valence electrons. The van der Waals surface area contributed by atoms with Crippen molar-refractivity contribution < 1.29 is 14.3 Å². The molecule has 1 saturated heterocycles. The Morgan fingerprint density at radius 2 is 1.59 bits per heavy atom. The molecule has 2 atom stereocenters. The molecule has 2 N–H and O–H groups in total. The van der Waals surface area contributed by atoms with Gasteiger partial charge in [0, 0.05) is 59.1 Å². The van der Waals surface area contributed by atoms with E-state index in [1.54, 1.807) is 73.8 Å². The van der Waals surface area contributed by atoms with E-state index >= 15 is 0 Å². The van der Waals surface area contributed by atoms with Crippen molar-refractivity contribution in [2.75, 3.05) is 35.7 Å². The van der Waals surface area contributed by atoms with Crippen LogP contribution in [-0.2, 0) is 6.54 Å². The van der Waals surface area contributed by atoms with Crippen LogP contribution in [0.5, 0.6) is 5.75 Å². The molecule has 1 aromatic heterocycles. The van der Waals surface area contributed by atoms with Gasteiger partial charge >= 0.3 is 0 Å². The van der Waals surface area contributed by atoms with Crippen LogP contribution < -0.4 is 25.8 Å². The van der Waals surface area contributed by atoms with Gasteiger partial charge in [-0.2, -0.15) is 0 Å². The number of halogens is 1. The van der Waals surface area contributed by atoms with Gasteiger partial charge in [-0.15, -0.1) is 0 Å². The van der Waals surface area contributed by atoms with E-state index in [4.69, 9.17) is 16.3 Å². The molecule has 41 heavy (non-hydrogen) atoms. The smallest absolute Gasteiger partial charge is 0.255 e. The number of carbonyl (C=O) groups excluding carboxylic acids is 2. The molecule has 0 spiro atoms. The average molecular weight is 569 g/mol. The van der Waals surface area contributed by atoms with Crippen LogP contribution in [-0.4, -0.2) is 36.6 Å². The number of pyridine rings is 1. The first-order valence-corrected chi connectivity index (χ1v) is 13.9. The zero-order valence-corrected chi connectivity index (χ0v) is 23.2. The normalized spacial score (nSPS) is 17.4. The van der Waals surface area contributed by atoms with Gasteiger partial charge in [0.2, 0.25) is 0 Å². The van der Waals surface area contributed by atoms with E-state index in [9.17, 15) is 14.4 Å². The molecule has 0 radical (unpaired) electrons. The number of nitrogens with zero attached hydrogens (tertiary/aromatic N) is 2.